The van der Waals surface area contributed by atoms with Crippen molar-refractivity contribution >= 4 is 28.1 Å². The second-order valence-electron chi connectivity index (χ2n) is 5.21. The van der Waals surface area contributed by atoms with E-state index in [1.807, 2.05) is 36.2 Å². The van der Waals surface area contributed by atoms with E-state index in [1.54, 1.807) is 26.3 Å². The zero-order chi connectivity index (χ0) is 15.6. The Morgan fingerprint density at radius 3 is 2.76 bits per heavy atom. The van der Waals surface area contributed by atoms with Crippen LogP contribution in [0.15, 0.2) is 29.6 Å². The third kappa shape index (κ3) is 3.00. The summed E-state index contributed by atoms with van der Waals surface area (Å²) in [7, 11) is 3.52. The maximum atomic E-state index is 11.3. The highest BCUT2D eigenvalue weighted by atomic mass is 32.1. The van der Waals surface area contributed by atoms with Gasteiger partial charge < -0.3 is 14.7 Å². The van der Waals surface area contributed by atoms with Crippen molar-refractivity contribution in [1.29, 1.82) is 0 Å². The summed E-state index contributed by atoms with van der Waals surface area (Å²) in [6.07, 6.45) is 0. The zero-order valence-electron chi connectivity index (χ0n) is 12.5. The number of carboxylic acid groups (broad SMARTS) is 1. The molecule has 0 saturated carbocycles. The van der Waals surface area contributed by atoms with Crippen molar-refractivity contribution in [2.75, 3.05) is 19.1 Å². The van der Waals surface area contributed by atoms with E-state index < -0.39 is 11.4 Å². The van der Waals surface area contributed by atoms with E-state index in [2.05, 4.69) is 4.98 Å². The molecular weight excluding hydrogens is 288 g/mol. The Hall–Kier alpha value is -2.08. The molecule has 0 atom stereocenters. The third-order valence-electron chi connectivity index (χ3n) is 3.39. The van der Waals surface area contributed by atoms with Gasteiger partial charge in [0.15, 0.2) is 5.13 Å². The van der Waals surface area contributed by atoms with E-state index in [0.29, 0.717) is 5.69 Å². The molecule has 5 nitrogen and oxygen atoms in total. The average Bonchev–Trinajstić information content (AvgIpc) is 2.96. The lowest BCUT2D eigenvalue weighted by Crippen LogP contribution is -2.29. The Kier molecular flexibility index (Phi) is 4.18. The fraction of sp³-hybridized carbons (Fsp3) is 0.333. The number of hydrogen-bond acceptors (Lipinski definition) is 5. The van der Waals surface area contributed by atoms with Crippen molar-refractivity contribution in [3.8, 4) is 5.75 Å². The molecule has 0 aliphatic heterocycles. The first-order valence-electron chi connectivity index (χ1n) is 6.43. The first-order valence-corrected chi connectivity index (χ1v) is 7.31. The van der Waals surface area contributed by atoms with Crippen molar-refractivity contribution in [3.63, 3.8) is 0 Å². The molecule has 0 radical (unpaired) electrons. The van der Waals surface area contributed by atoms with Crippen molar-refractivity contribution in [2.45, 2.75) is 19.3 Å². The molecule has 0 unspecified atom stereocenters. The van der Waals surface area contributed by atoms with E-state index in [0.717, 1.165) is 16.6 Å². The maximum Gasteiger partial charge on any atom is 0.315 e. The van der Waals surface area contributed by atoms with Crippen LogP contribution in [0.5, 0.6) is 5.75 Å². The van der Waals surface area contributed by atoms with Crippen molar-refractivity contribution in [1.82, 2.24) is 4.98 Å². The Morgan fingerprint density at radius 1 is 1.43 bits per heavy atom. The summed E-state index contributed by atoms with van der Waals surface area (Å²) in [6, 6.07) is 7.63. The molecule has 1 N–H and O–H groups in total. The number of ether oxygens (including phenoxy) is 1. The van der Waals surface area contributed by atoms with Crippen LogP contribution in [0.4, 0.5) is 10.8 Å². The lowest BCUT2D eigenvalue weighted by Gasteiger charge is -2.18. The van der Waals surface area contributed by atoms with Crippen LogP contribution in [-0.2, 0) is 10.2 Å². The van der Waals surface area contributed by atoms with Crippen LogP contribution in [0.2, 0.25) is 0 Å². The first kappa shape index (κ1) is 15.3. The van der Waals surface area contributed by atoms with Gasteiger partial charge in [0, 0.05) is 24.2 Å². The van der Waals surface area contributed by atoms with Gasteiger partial charge in [-0.15, -0.1) is 11.3 Å². The largest absolute Gasteiger partial charge is 0.497 e. The van der Waals surface area contributed by atoms with Crippen LogP contribution in [0.1, 0.15) is 19.5 Å². The van der Waals surface area contributed by atoms with Gasteiger partial charge >= 0.3 is 5.97 Å². The number of aliphatic carboxylic acids is 1. The molecule has 2 rings (SSSR count). The summed E-state index contributed by atoms with van der Waals surface area (Å²) < 4.78 is 5.21. The van der Waals surface area contributed by atoms with Gasteiger partial charge in [0.2, 0.25) is 0 Å². The van der Waals surface area contributed by atoms with Gasteiger partial charge in [-0.1, -0.05) is 6.07 Å². The normalized spacial score (nSPS) is 11.2. The van der Waals surface area contributed by atoms with Crippen LogP contribution in [0.25, 0.3) is 0 Å². The standard InChI is InChI=1S/C15H18N2O3S/c1-15(2,13(18)19)12-9-21-14(16-12)17(3)10-6-5-7-11(8-10)20-4/h5-9H,1-4H3,(H,18,19). The van der Waals surface area contributed by atoms with E-state index in [-0.39, 0.29) is 0 Å². The Balaban J connectivity index is 2.30. The van der Waals surface area contributed by atoms with Crippen molar-refractivity contribution in [3.05, 3.63) is 35.3 Å². The molecular formula is C15H18N2O3S. The molecule has 0 aliphatic rings. The van der Waals surface area contributed by atoms with Crippen molar-refractivity contribution in [2.24, 2.45) is 0 Å². The number of thiazole rings is 1. The fourth-order valence-corrected chi connectivity index (χ4v) is 2.72. The van der Waals surface area contributed by atoms with Crippen LogP contribution in [0.3, 0.4) is 0 Å². The molecule has 0 spiro atoms. The molecule has 0 aliphatic carbocycles. The maximum absolute atomic E-state index is 11.3. The summed E-state index contributed by atoms with van der Waals surface area (Å²) in [5.74, 6) is -0.120. The number of carbonyl (C=O) groups is 1. The number of anilines is 2. The first-order chi connectivity index (χ1) is 9.86. The number of rotatable bonds is 5. The minimum atomic E-state index is -0.996. The molecule has 21 heavy (non-hydrogen) atoms. The summed E-state index contributed by atoms with van der Waals surface area (Å²) in [6.45, 7) is 3.30. The van der Waals surface area contributed by atoms with Crippen molar-refractivity contribution < 1.29 is 14.6 Å². The van der Waals surface area contributed by atoms with Crippen LogP contribution in [-0.4, -0.2) is 30.2 Å². The quantitative estimate of drug-likeness (QED) is 0.918. The van der Waals surface area contributed by atoms with E-state index >= 15 is 0 Å². The van der Waals surface area contributed by atoms with Crippen LogP contribution in [0, 0.1) is 0 Å². The number of aromatic nitrogens is 1. The molecule has 0 saturated heterocycles. The van der Waals surface area contributed by atoms with E-state index in [1.165, 1.54) is 11.3 Å². The highest BCUT2D eigenvalue weighted by molar-refractivity contribution is 7.13. The van der Waals surface area contributed by atoms with Gasteiger partial charge in [0.1, 0.15) is 11.2 Å². The average molecular weight is 306 g/mol. The second kappa shape index (κ2) is 5.73. The van der Waals surface area contributed by atoms with Gasteiger partial charge in [-0.25, -0.2) is 4.98 Å². The van der Waals surface area contributed by atoms with E-state index in [4.69, 9.17) is 4.74 Å². The molecule has 1 heterocycles. The zero-order valence-corrected chi connectivity index (χ0v) is 13.3. The number of methoxy groups -OCH3 is 1. The summed E-state index contributed by atoms with van der Waals surface area (Å²) in [5.41, 5.74) is 0.498. The Labute approximate surface area is 127 Å². The minimum Gasteiger partial charge on any atom is -0.497 e. The second-order valence-corrected chi connectivity index (χ2v) is 6.04. The highest BCUT2D eigenvalue weighted by Gasteiger charge is 2.32. The third-order valence-corrected chi connectivity index (χ3v) is 4.31. The van der Waals surface area contributed by atoms with Gasteiger partial charge in [0.25, 0.3) is 0 Å². The lowest BCUT2D eigenvalue weighted by molar-refractivity contribution is -0.142. The topological polar surface area (TPSA) is 62.7 Å². The Morgan fingerprint density at radius 2 is 2.14 bits per heavy atom. The summed E-state index contributed by atoms with van der Waals surface area (Å²) in [5, 5.41) is 11.8. The molecule has 0 fully saturated rings. The number of nitrogens with zero attached hydrogens (tertiary/aromatic N) is 2. The Bertz CT molecular complexity index is 652. The molecule has 0 amide bonds. The van der Waals surface area contributed by atoms with Crippen LogP contribution < -0.4 is 9.64 Å². The molecule has 1 aromatic heterocycles. The molecule has 1 aromatic carbocycles. The van der Waals surface area contributed by atoms with Gasteiger partial charge in [-0.2, -0.15) is 0 Å². The number of hydrogen-bond donors (Lipinski definition) is 1. The minimum absolute atomic E-state index is 0.560. The van der Waals surface area contributed by atoms with Gasteiger partial charge in [-0.3, -0.25) is 4.79 Å². The molecule has 2 aromatic rings. The fourth-order valence-electron chi connectivity index (χ4n) is 1.74. The predicted octanol–water partition coefficient (Wildman–Crippen LogP) is 3.28. The van der Waals surface area contributed by atoms with Gasteiger partial charge in [-0.05, 0) is 26.0 Å². The molecule has 6 heteroatoms. The van der Waals surface area contributed by atoms with Gasteiger partial charge in [0.05, 0.1) is 12.8 Å². The summed E-state index contributed by atoms with van der Waals surface area (Å²) >= 11 is 1.42. The number of benzene rings is 1. The van der Waals surface area contributed by atoms with E-state index in [9.17, 15) is 9.90 Å². The van der Waals surface area contributed by atoms with Crippen LogP contribution >= 0.6 is 11.3 Å². The summed E-state index contributed by atoms with van der Waals surface area (Å²) in [4.78, 5) is 17.7. The SMILES string of the molecule is COc1cccc(N(C)c2nc(C(C)(C)C(=O)O)cs2)c1. The number of carboxylic acids is 1. The smallest absolute Gasteiger partial charge is 0.315 e. The predicted molar refractivity (Wildman–Crippen MR) is 83.8 cm³/mol. The monoisotopic (exact) mass is 306 g/mol. The molecule has 0 bridgehead atoms. The lowest BCUT2D eigenvalue weighted by atomic mass is 9.90. The highest BCUT2D eigenvalue weighted by Crippen LogP contribution is 2.33. The molecule has 112 valence electrons.